The number of halogens is 3. The van der Waals surface area contributed by atoms with Gasteiger partial charge in [-0.2, -0.15) is 0 Å². The van der Waals surface area contributed by atoms with Crippen LogP contribution >= 0.6 is 34.8 Å². The van der Waals surface area contributed by atoms with E-state index in [1.165, 1.54) is 12.1 Å². The SMILES string of the molecule is Oc1ccc2cc(/C=C/c3nnc(C(Cl)(Cl)Cl)o3)oc2c1. The van der Waals surface area contributed by atoms with Crippen LogP contribution in [0, 0.1) is 0 Å². The topological polar surface area (TPSA) is 72.3 Å². The Morgan fingerprint density at radius 3 is 2.57 bits per heavy atom. The summed E-state index contributed by atoms with van der Waals surface area (Å²) in [5, 5.41) is 17.6. The summed E-state index contributed by atoms with van der Waals surface area (Å²) in [5.41, 5.74) is 0.571. The Hall–Kier alpha value is -1.69. The molecule has 1 N–H and O–H groups in total. The van der Waals surface area contributed by atoms with Crippen LogP contribution in [0.4, 0.5) is 0 Å². The number of aromatic hydroxyl groups is 1. The highest BCUT2D eigenvalue weighted by atomic mass is 35.6. The van der Waals surface area contributed by atoms with E-state index in [1.807, 2.05) is 0 Å². The zero-order valence-corrected chi connectivity index (χ0v) is 12.5. The summed E-state index contributed by atoms with van der Waals surface area (Å²) in [6.45, 7) is 0. The Morgan fingerprint density at radius 1 is 1.05 bits per heavy atom. The van der Waals surface area contributed by atoms with Gasteiger partial charge in [0.15, 0.2) is 0 Å². The van der Waals surface area contributed by atoms with Gasteiger partial charge in [0.1, 0.15) is 17.1 Å². The number of phenols is 1. The number of furan rings is 1. The molecule has 108 valence electrons. The number of hydrogen-bond donors (Lipinski definition) is 1. The van der Waals surface area contributed by atoms with Crippen molar-refractivity contribution in [3.63, 3.8) is 0 Å². The molecule has 0 atom stereocenters. The van der Waals surface area contributed by atoms with Crippen LogP contribution in [0.3, 0.4) is 0 Å². The van der Waals surface area contributed by atoms with Gasteiger partial charge in [0.25, 0.3) is 9.68 Å². The van der Waals surface area contributed by atoms with E-state index in [0.717, 1.165) is 5.39 Å². The lowest BCUT2D eigenvalue weighted by Gasteiger charge is -2.01. The van der Waals surface area contributed by atoms with Gasteiger partial charge in [-0.15, -0.1) is 10.2 Å². The zero-order valence-electron chi connectivity index (χ0n) is 10.3. The Bertz CT molecular complexity index is 818. The standard InChI is InChI=1S/C13H7Cl3N2O3/c14-13(15,16)12-18-17-11(21-12)4-3-9-5-7-1-2-8(19)6-10(7)20-9/h1-6,19H/b4-3+. The first kappa shape index (κ1) is 14.3. The normalized spacial score (nSPS) is 12.5. The molecule has 0 unspecified atom stereocenters. The third kappa shape index (κ3) is 3.15. The lowest BCUT2D eigenvalue weighted by molar-refractivity contribution is 0.474. The van der Waals surface area contributed by atoms with Crippen molar-refractivity contribution in [3.05, 3.63) is 41.8 Å². The van der Waals surface area contributed by atoms with Crippen molar-refractivity contribution in [2.24, 2.45) is 0 Å². The molecule has 2 aromatic heterocycles. The summed E-state index contributed by atoms with van der Waals surface area (Å²) in [6.07, 6.45) is 3.16. The van der Waals surface area contributed by atoms with E-state index >= 15 is 0 Å². The monoisotopic (exact) mass is 344 g/mol. The van der Waals surface area contributed by atoms with E-state index in [2.05, 4.69) is 10.2 Å². The molecule has 0 amide bonds. The van der Waals surface area contributed by atoms with Crippen molar-refractivity contribution in [1.29, 1.82) is 0 Å². The van der Waals surface area contributed by atoms with Crippen molar-refractivity contribution in [2.45, 2.75) is 3.79 Å². The van der Waals surface area contributed by atoms with Crippen LogP contribution in [0.1, 0.15) is 17.5 Å². The number of fused-ring (bicyclic) bond motifs is 1. The molecule has 2 heterocycles. The Balaban J connectivity index is 1.85. The number of phenolic OH excluding ortho intramolecular Hbond substituents is 1. The van der Waals surface area contributed by atoms with Crippen LogP contribution in [0.2, 0.25) is 0 Å². The van der Waals surface area contributed by atoms with Gasteiger partial charge in [0, 0.05) is 17.5 Å². The minimum absolute atomic E-state index is 0.110. The highest BCUT2D eigenvalue weighted by molar-refractivity contribution is 6.66. The number of hydrogen-bond acceptors (Lipinski definition) is 5. The van der Waals surface area contributed by atoms with E-state index in [9.17, 15) is 5.11 Å². The molecule has 8 heteroatoms. The van der Waals surface area contributed by atoms with Gasteiger partial charge in [-0.05, 0) is 24.3 Å². The van der Waals surface area contributed by atoms with Gasteiger partial charge < -0.3 is 13.9 Å². The molecule has 0 spiro atoms. The van der Waals surface area contributed by atoms with E-state index in [0.29, 0.717) is 11.3 Å². The van der Waals surface area contributed by atoms with Crippen molar-refractivity contribution in [3.8, 4) is 5.75 Å². The fourth-order valence-electron chi connectivity index (χ4n) is 1.69. The predicted octanol–water partition coefficient (Wildman–Crippen LogP) is 4.52. The van der Waals surface area contributed by atoms with Gasteiger partial charge in [0.2, 0.25) is 5.89 Å². The molecule has 0 saturated carbocycles. The van der Waals surface area contributed by atoms with E-state index in [1.54, 1.807) is 24.3 Å². The molecular weight excluding hydrogens is 339 g/mol. The van der Waals surface area contributed by atoms with E-state index in [-0.39, 0.29) is 17.5 Å². The largest absolute Gasteiger partial charge is 0.508 e. The molecule has 3 rings (SSSR count). The smallest absolute Gasteiger partial charge is 0.268 e. The summed E-state index contributed by atoms with van der Waals surface area (Å²) in [6, 6.07) is 6.66. The number of benzene rings is 1. The van der Waals surface area contributed by atoms with Gasteiger partial charge in [0.05, 0.1) is 0 Å². The van der Waals surface area contributed by atoms with Gasteiger partial charge >= 0.3 is 0 Å². The van der Waals surface area contributed by atoms with E-state index < -0.39 is 3.79 Å². The van der Waals surface area contributed by atoms with Crippen molar-refractivity contribution in [1.82, 2.24) is 10.2 Å². The number of nitrogens with zero attached hydrogens (tertiary/aromatic N) is 2. The maximum atomic E-state index is 9.38. The Labute approximate surface area is 133 Å². The molecule has 0 radical (unpaired) electrons. The molecule has 3 aromatic rings. The first-order chi connectivity index (χ1) is 9.91. The van der Waals surface area contributed by atoms with Gasteiger partial charge in [-0.1, -0.05) is 34.8 Å². The second-order valence-corrected chi connectivity index (χ2v) is 6.43. The summed E-state index contributed by atoms with van der Waals surface area (Å²) in [4.78, 5) is 0. The van der Waals surface area contributed by atoms with Crippen LogP contribution in [0.25, 0.3) is 23.1 Å². The zero-order chi connectivity index (χ0) is 15.0. The summed E-state index contributed by atoms with van der Waals surface area (Å²) < 4.78 is 8.95. The maximum absolute atomic E-state index is 9.38. The van der Waals surface area contributed by atoms with E-state index in [4.69, 9.17) is 43.6 Å². The molecule has 21 heavy (non-hydrogen) atoms. The molecule has 0 saturated heterocycles. The minimum atomic E-state index is -1.75. The highest BCUT2D eigenvalue weighted by Gasteiger charge is 2.29. The first-order valence-corrected chi connectivity index (χ1v) is 6.86. The second-order valence-electron chi connectivity index (χ2n) is 4.15. The Morgan fingerprint density at radius 2 is 1.86 bits per heavy atom. The summed E-state index contributed by atoms with van der Waals surface area (Å²) in [5.74, 6) is 0.766. The number of alkyl halides is 3. The minimum Gasteiger partial charge on any atom is -0.508 e. The summed E-state index contributed by atoms with van der Waals surface area (Å²) in [7, 11) is 0. The molecule has 0 aliphatic heterocycles. The average Bonchev–Trinajstić information content (AvgIpc) is 3.01. The second kappa shape index (κ2) is 5.26. The van der Waals surface area contributed by atoms with Crippen molar-refractivity contribution < 1.29 is 13.9 Å². The molecule has 1 aromatic carbocycles. The molecular formula is C13H7Cl3N2O3. The number of aromatic nitrogens is 2. The van der Waals surface area contributed by atoms with Crippen molar-refractivity contribution in [2.75, 3.05) is 0 Å². The average molecular weight is 346 g/mol. The molecule has 0 fully saturated rings. The fraction of sp³-hybridized carbons (Fsp3) is 0.0769. The number of rotatable bonds is 2. The molecule has 0 aliphatic carbocycles. The molecule has 0 aliphatic rings. The lowest BCUT2D eigenvalue weighted by Crippen LogP contribution is -1.99. The quantitative estimate of drug-likeness (QED) is 0.691. The van der Waals surface area contributed by atoms with Gasteiger partial charge in [-0.3, -0.25) is 0 Å². The third-order valence-corrected chi connectivity index (χ3v) is 3.08. The highest BCUT2D eigenvalue weighted by Crippen LogP contribution is 2.37. The third-order valence-electron chi connectivity index (χ3n) is 2.60. The predicted molar refractivity (Wildman–Crippen MR) is 80.3 cm³/mol. The Kier molecular flexibility index (Phi) is 3.57. The first-order valence-electron chi connectivity index (χ1n) is 5.73. The van der Waals surface area contributed by atoms with Crippen LogP contribution in [0.5, 0.6) is 5.75 Å². The molecule has 0 bridgehead atoms. The van der Waals surface area contributed by atoms with Crippen LogP contribution in [-0.4, -0.2) is 15.3 Å². The fourth-order valence-corrected chi connectivity index (χ4v) is 1.92. The van der Waals surface area contributed by atoms with Crippen LogP contribution in [-0.2, 0) is 3.79 Å². The molecule has 5 nitrogen and oxygen atoms in total. The lowest BCUT2D eigenvalue weighted by atomic mass is 10.2. The summed E-state index contributed by atoms with van der Waals surface area (Å²) >= 11 is 16.9. The van der Waals surface area contributed by atoms with Crippen molar-refractivity contribution >= 4 is 57.9 Å². The van der Waals surface area contributed by atoms with Gasteiger partial charge in [-0.25, -0.2) is 0 Å². The van der Waals surface area contributed by atoms with Crippen LogP contribution in [0.15, 0.2) is 33.1 Å². The maximum Gasteiger partial charge on any atom is 0.268 e. The van der Waals surface area contributed by atoms with Crippen LogP contribution < -0.4 is 0 Å².